The fourth-order valence-electron chi connectivity index (χ4n) is 3.25. The van der Waals surface area contributed by atoms with E-state index in [4.69, 9.17) is 5.73 Å². The van der Waals surface area contributed by atoms with Gasteiger partial charge in [-0.2, -0.15) is 0 Å². The maximum Gasteiger partial charge on any atom is 0.0576 e. The van der Waals surface area contributed by atoms with Crippen molar-refractivity contribution in [2.45, 2.75) is 31.7 Å². The maximum atomic E-state index is 5.93. The predicted octanol–water partition coefficient (Wildman–Crippen LogP) is 2.87. The lowest BCUT2D eigenvalue weighted by atomic mass is 9.95. The van der Waals surface area contributed by atoms with E-state index in [1.54, 1.807) is 0 Å². The SMILES string of the molecule is Nc1ccccc1NC1CC2CCC1C2. The Kier molecular flexibility index (Phi) is 2.08. The molecule has 2 aliphatic rings. The Morgan fingerprint density at radius 1 is 1.13 bits per heavy atom. The smallest absolute Gasteiger partial charge is 0.0576 e. The van der Waals surface area contributed by atoms with E-state index in [0.717, 1.165) is 23.2 Å². The first-order chi connectivity index (χ1) is 7.33. The van der Waals surface area contributed by atoms with Gasteiger partial charge in [0.15, 0.2) is 0 Å². The van der Waals surface area contributed by atoms with Gasteiger partial charge >= 0.3 is 0 Å². The second-order valence-electron chi connectivity index (χ2n) is 5.01. The number of nitrogens with two attached hydrogens (primary N) is 1. The van der Waals surface area contributed by atoms with E-state index >= 15 is 0 Å². The number of para-hydroxylation sites is 2. The van der Waals surface area contributed by atoms with Gasteiger partial charge in [0.05, 0.1) is 11.4 Å². The molecule has 0 amide bonds. The van der Waals surface area contributed by atoms with Crippen molar-refractivity contribution in [1.29, 1.82) is 0 Å². The van der Waals surface area contributed by atoms with Crippen molar-refractivity contribution >= 4 is 11.4 Å². The van der Waals surface area contributed by atoms with E-state index < -0.39 is 0 Å². The molecule has 2 nitrogen and oxygen atoms in total. The van der Waals surface area contributed by atoms with Crippen LogP contribution in [0.1, 0.15) is 25.7 Å². The second kappa shape index (κ2) is 3.44. The molecule has 1 aromatic carbocycles. The van der Waals surface area contributed by atoms with Crippen LogP contribution in [0.4, 0.5) is 11.4 Å². The van der Waals surface area contributed by atoms with Crippen molar-refractivity contribution in [3.63, 3.8) is 0 Å². The van der Waals surface area contributed by atoms with Gasteiger partial charge in [-0.3, -0.25) is 0 Å². The third kappa shape index (κ3) is 1.58. The molecule has 2 heteroatoms. The van der Waals surface area contributed by atoms with Crippen molar-refractivity contribution in [3.8, 4) is 0 Å². The van der Waals surface area contributed by atoms with Gasteiger partial charge in [0, 0.05) is 6.04 Å². The molecule has 2 saturated carbocycles. The molecular formula is C13H18N2. The molecule has 0 aromatic heterocycles. The van der Waals surface area contributed by atoms with Crippen LogP contribution in [0.15, 0.2) is 24.3 Å². The zero-order chi connectivity index (χ0) is 10.3. The lowest BCUT2D eigenvalue weighted by Gasteiger charge is -2.24. The van der Waals surface area contributed by atoms with E-state index in [-0.39, 0.29) is 0 Å². The van der Waals surface area contributed by atoms with Crippen LogP contribution in [0.2, 0.25) is 0 Å². The van der Waals surface area contributed by atoms with E-state index in [1.807, 2.05) is 18.2 Å². The van der Waals surface area contributed by atoms with Gasteiger partial charge in [-0.1, -0.05) is 18.6 Å². The first-order valence-corrected chi connectivity index (χ1v) is 5.94. The van der Waals surface area contributed by atoms with Crippen molar-refractivity contribution in [1.82, 2.24) is 0 Å². The lowest BCUT2D eigenvalue weighted by molar-refractivity contribution is 0.440. The van der Waals surface area contributed by atoms with Crippen LogP contribution in [-0.4, -0.2) is 6.04 Å². The molecule has 0 heterocycles. The minimum Gasteiger partial charge on any atom is -0.397 e. The van der Waals surface area contributed by atoms with Crippen molar-refractivity contribution in [2.75, 3.05) is 11.1 Å². The maximum absolute atomic E-state index is 5.93. The highest BCUT2D eigenvalue weighted by atomic mass is 15.0. The van der Waals surface area contributed by atoms with E-state index in [1.165, 1.54) is 25.7 Å². The van der Waals surface area contributed by atoms with Crippen LogP contribution in [0, 0.1) is 11.8 Å². The average molecular weight is 202 g/mol. The molecule has 0 saturated heterocycles. The Hall–Kier alpha value is -1.18. The summed E-state index contributed by atoms with van der Waals surface area (Å²) in [5.74, 6) is 1.88. The molecule has 3 unspecified atom stereocenters. The van der Waals surface area contributed by atoms with Crippen LogP contribution in [0.3, 0.4) is 0 Å². The summed E-state index contributed by atoms with van der Waals surface area (Å²) in [7, 11) is 0. The summed E-state index contributed by atoms with van der Waals surface area (Å²) in [4.78, 5) is 0. The van der Waals surface area contributed by atoms with Gasteiger partial charge in [0.1, 0.15) is 0 Å². The summed E-state index contributed by atoms with van der Waals surface area (Å²) in [5.41, 5.74) is 7.93. The molecule has 1 aromatic rings. The zero-order valence-electron chi connectivity index (χ0n) is 8.95. The van der Waals surface area contributed by atoms with Crippen molar-refractivity contribution in [3.05, 3.63) is 24.3 Å². The fraction of sp³-hybridized carbons (Fsp3) is 0.538. The predicted molar refractivity (Wildman–Crippen MR) is 63.7 cm³/mol. The number of benzene rings is 1. The highest BCUT2D eigenvalue weighted by Crippen LogP contribution is 2.45. The van der Waals surface area contributed by atoms with Crippen LogP contribution in [0.5, 0.6) is 0 Å². The van der Waals surface area contributed by atoms with Gasteiger partial charge in [-0.25, -0.2) is 0 Å². The standard InChI is InChI=1S/C13H18N2/c14-11-3-1-2-4-12(11)15-13-8-9-5-6-10(13)7-9/h1-4,9-10,13,15H,5-8,14H2. The monoisotopic (exact) mass is 202 g/mol. The van der Waals surface area contributed by atoms with Gasteiger partial charge in [-0.15, -0.1) is 0 Å². The number of rotatable bonds is 2. The Balaban J connectivity index is 1.73. The largest absolute Gasteiger partial charge is 0.397 e. The molecule has 2 bridgehead atoms. The van der Waals surface area contributed by atoms with Gasteiger partial charge in [-0.05, 0) is 43.2 Å². The van der Waals surface area contributed by atoms with Gasteiger partial charge in [0.2, 0.25) is 0 Å². The Labute approximate surface area is 90.9 Å². The molecule has 0 spiro atoms. The Morgan fingerprint density at radius 3 is 2.67 bits per heavy atom. The number of hydrogen-bond donors (Lipinski definition) is 2. The molecular weight excluding hydrogens is 184 g/mol. The van der Waals surface area contributed by atoms with Crippen LogP contribution in [0.25, 0.3) is 0 Å². The van der Waals surface area contributed by atoms with Crippen molar-refractivity contribution in [2.24, 2.45) is 11.8 Å². The minimum absolute atomic E-state index is 0.674. The number of nitrogens with one attached hydrogen (secondary N) is 1. The third-order valence-corrected chi connectivity index (χ3v) is 4.04. The summed E-state index contributed by atoms with van der Waals surface area (Å²) in [6, 6.07) is 8.76. The molecule has 0 radical (unpaired) electrons. The normalized spacial score (nSPS) is 33.2. The zero-order valence-corrected chi connectivity index (χ0v) is 8.95. The average Bonchev–Trinajstić information content (AvgIpc) is 2.83. The molecule has 3 N–H and O–H groups in total. The minimum atomic E-state index is 0.674. The third-order valence-electron chi connectivity index (χ3n) is 4.04. The Morgan fingerprint density at radius 2 is 2.00 bits per heavy atom. The number of hydrogen-bond acceptors (Lipinski definition) is 2. The fourth-order valence-corrected chi connectivity index (χ4v) is 3.25. The van der Waals surface area contributed by atoms with Crippen LogP contribution in [-0.2, 0) is 0 Å². The number of fused-ring (bicyclic) bond motifs is 2. The molecule has 2 aliphatic carbocycles. The van der Waals surface area contributed by atoms with Gasteiger partial charge in [0.25, 0.3) is 0 Å². The summed E-state index contributed by atoms with van der Waals surface area (Å²) >= 11 is 0. The topological polar surface area (TPSA) is 38.0 Å². The molecule has 2 fully saturated rings. The van der Waals surface area contributed by atoms with Gasteiger partial charge < -0.3 is 11.1 Å². The Bertz CT molecular complexity index is 361. The van der Waals surface area contributed by atoms with Crippen LogP contribution >= 0.6 is 0 Å². The lowest BCUT2D eigenvalue weighted by Crippen LogP contribution is -2.26. The first-order valence-electron chi connectivity index (χ1n) is 5.94. The highest BCUT2D eigenvalue weighted by molar-refractivity contribution is 5.66. The van der Waals surface area contributed by atoms with E-state index in [2.05, 4.69) is 11.4 Å². The molecule has 80 valence electrons. The highest BCUT2D eigenvalue weighted by Gasteiger charge is 2.39. The van der Waals surface area contributed by atoms with Crippen LogP contribution < -0.4 is 11.1 Å². The van der Waals surface area contributed by atoms with E-state index in [9.17, 15) is 0 Å². The quantitative estimate of drug-likeness (QED) is 0.724. The number of nitrogen functional groups attached to an aromatic ring is 1. The first kappa shape index (κ1) is 9.08. The van der Waals surface area contributed by atoms with E-state index in [0.29, 0.717) is 6.04 Å². The molecule has 0 aliphatic heterocycles. The summed E-state index contributed by atoms with van der Waals surface area (Å²) in [6.07, 6.45) is 5.64. The molecule has 3 rings (SSSR count). The summed E-state index contributed by atoms with van der Waals surface area (Å²) < 4.78 is 0. The van der Waals surface area contributed by atoms with Crippen molar-refractivity contribution < 1.29 is 0 Å². The number of anilines is 2. The summed E-state index contributed by atoms with van der Waals surface area (Å²) in [6.45, 7) is 0. The second-order valence-corrected chi connectivity index (χ2v) is 5.01. The molecule has 15 heavy (non-hydrogen) atoms. The summed E-state index contributed by atoms with van der Waals surface area (Å²) in [5, 5.41) is 3.62. The molecule has 3 atom stereocenters.